The number of hydrogen-bond acceptors (Lipinski definition) is 8. The molecule has 10 nitrogen and oxygen atoms in total. The Morgan fingerprint density at radius 3 is 2.60 bits per heavy atom. The third-order valence-electron chi connectivity index (χ3n) is 7.47. The van der Waals surface area contributed by atoms with Crippen molar-refractivity contribution in [1.29, 1.82) is 0 Å². The summed E-state index contributed by atoms with van der Waals surface area (Å²) in [6.45, 7) is 8.55. The third kappa shape index (κ3) is 4.67. The molecule has 35 heavy (non-hydrogen) atoms. The predicted molar refractivity (Wildman–Crippen MR) is 132 cm³/mol. The molecule has 3 unspecified atom stereocenters. The molecule has 1 aromatic rings. The zero-order valence-corrected chi connectivity index (χ0v) is 20.7. The number of nitrogens with zero attached hydrogens (tertiary/aromatic N) is 5. The molecule has 3 atom stereocenters. The van der Waals surface area contributed by atoms with Crippen molar-refractivity contribution >= 4 is 17.8 Å². The molecule has 0 spiro atoms. The molecule has 2 amide bonds. The van der Waals surface area contributed by atoms with Gasteiger partial charge in [-0.3, -0.25) is 10.2 Å². The SMILES string of the molecule is CCOC(=O)N1CCN(C(=O)CCC2=NNC3C4CC(c5ccc(C)c(C)c5)NN4C=CN23)CC1. The van der Waals surface area contributed by atoms with Gasteiger partial charge in [0.15, 0.2) is 0 Å². The molecule has 4 heterocycles. The summed E-state index contributed by atoms with van der Waals surface area (Å²) >= 11 is 0. The fourth-order valence-electron chi connectivity index (χ4n) is 5.24. The van der Waals surface area contributed by atoms with Crippen molar-refractivity contribution in [3.63, 3.8) is 0 Å². The van der Waals surface area contributed by atoms with Gasteiger partial charge in [0, 0.05) is 51.4 Å². The predicted octanol–water partition coefficient (Wildman–Crippen LogP) is 2.03. The highest BCUT2D eigenvalue weighted by atomic mass is 16.6. The average Bonchev–Trinajstić information content (AvgIpc) is 3.48. The van der Waals surface area contributed by atoms with Crippen molar-refractivity contribution in [2.45, 2.75) is 58.3 Å². The highest BCUT2D eigenvalue weighted by Gasteiger charge is 2.44. The van der Waals surface area contributed by atoms with Crippen molar-refractivity contribution in [3.05, 3.63) is 47.3 Å². The van der Waals surface area contributed by atoms with Gasteiger partial charge >= 0.3 is 6.09 Å². The van der Waals surface area contributed by atoms with E-state index in [2.05, 4.69) is 64.1 Å². The Hall–Kier alpha value is -3.27. The summed E-state index contributed by atoms with van der Waals surface area (Å²) in [5.41, 5.74) is 10.8. The lowest BCUT2D eigenvalue weighted by molar-refractivity contribution is -0.132. The normalized spacial score (nSPS) is 25.2. The van der Waals surface area contributed by atoms with E-state index in [4.69, 9.17) is 4.74 Å². The number of hydrogen-bond donors (Lipinski definition) is 2. The number of carbonyl (C=O) groups is 2. The summed E-state index contributed by atoms with van der Waals surface area (Å²) in [6.07, 6.45) is 5.79. The molecule has 0 radical (unpaired) electrons. The number of hydrazone groups is 1. The fraction of sp³-hybridized carbons (Fsp3) is 0.560. The maximum absolute atomic E-state index is 12.8. The van der Waals surface area contributed by atoms with Crippen molar-refractivity contribution in [1.82, 2.24) is 30.6 Å². The molecule has 0 aromatic heterocycles. The molecular formula is C25H35N7O3. The number of ether oxygens (including phenoxy) is 1. The van der Waals surface area contributed by atoms with E-state index in [0.717, 1.165) is 12.3 Å². The van der Waals surface area contributed by atoms with E-state index >= 15 is 0 Å². The number of benzene rings is 1. The molecule has 4 aliphatic heterocycles. The lowest BCUT2D eigenvalue weighted by atomic mass is 9.97. The van der Waals surface area contributed by atoms with Gasteiger partial charge in [-0.25, -0.2) is 10.2 Å². The lowest BCUT2D eigenvalue weighted by Gasteiger charge is -2.37. The van der Waals surface area contributed by atoms with Gasteiger partial charge in [-0.1, -0.05) is 18.2 Å². The largest absolute Gasteiger partial charge is 0.450 e. The van der Waals surface area contributed by atoms with E-state index in [0.29, 0.717) is 45.6 Å². The number of aryl methyl sites for hydroxylation is 2. The standard InChI is InChI=1S/C25H35N7O3/c1-4-35-25(34)30-11-9-29(10-12-30)23(33)8-7-22-26-27-24-21-16-20(28-32(21)14-13-31(22)24)19-6-5-17(2)18(3)15-19/h5-6,13-15,20-21,24,27-28H,4,7-12,16H2,1-3H3. The van der Waals surface area contributed by atoms with Crippen molar-refractivity contribution < 1.29 is 14.3 Å². The Bertz CT molecular complexity index is 1030. The van der Waals surface area contributed by atoms with Crippen LogP contribution in [0.3, 0.4) is 0 Å². The summed E-state index contributed by atoms with van der Waals surface area (Å²) in [5.74, 6) is 0.985. The Morgan fingerprint density at radius 1 is 1.09 bits per heavy atom. The number of fused-ring (bicyclic) bond motifs is 3. The highest BCUT2D eigenvalue weighted by molar-refractivity contribution is 5.89. The summed E-state index contributed by atoms with van der Waals surface area (Å²) < 4.78 is 5.05. The zero-order valence-electron chi connectivity index (χ0n) is 20.7. The number of amidine groups is 1. The highest BCUT2D eigenvalue weighted by Crippen LogP contribution is 2.34. The van der Waals surface area contributed by atoms with Crippen LogP contribution in [0.4, 0.5) is 4.79 Å². The Morgan fingerprint density at radius 2 is 1.86 bits per heavy atom. The second kappa shape index (κ2) is 9.77. The van der Waals surface area contributed by atoms with Gasteiger partial charge in [0.05, 0.1) is 18.7 Å². The zero-order chi connectivity index (χ0) is 24.5. The van der Waals surface area contributed by atoms with Gasteiger partial charge in [0.2, 0.25) is 5.91 Å². The minimum atomic E-state index is -0.302. The third-order valence-corrected chi connectivity index (χ3v) is 7.47. The summed E-state index contributed by atoms with van der Waals surface area (Å²) in [6, 6.07) is 7.16. The number of carbonyl (C=O) groups excluding carboxylic acids is 2. The van der Waals surface area contributed by atoms with Gasteiger partial charge in [0.25, 0.3) is 0 Å². The van der Waals surface area contributed by atoms with Crippen molar-refractivity contribution in [2.24, 2.45) is 5.10 Å². The molecule has 0 saturated carbocycles. The smallest absolute Gasteiger partial charge is 0.409 e. The molecule has 0 aliphatic carbocycles. The Balaban J connectivity index is 1.13. The Kier molecular flexibility index (Phi) is 6.55. The topological polar surface area (TPSA) is 92.7 Å². The quantitative estimate of drug-likeness (QED) is 0.665. The molecule has 5 rings (SSSR count). The van der Waals surface area contributed by atoms with Gasteiger partial charge in [0.1, 0.15) is 12.0 Å². The monoisotopic (exact) mass is 481 g/mol. The van der Waals surface area contributed by atoms with Crippen LogP contribution >= 0.6 is 0 Å². The fourth-order valence-corrected chi connectivity index (χ4v) is 5.24. The van der Waals surface area contributed by atoms with Crippen LogP contribution in [-0.2, 0) is 9.53 Å². The molecule has 0 bridgehead atoms. The summed E-state index contributed by atoms with van der Waals surface area (Å²) in [5, 5.41) is 6.76. The molecular weight excluding hydrogens is 446 g/mol. The van der Waals surface area contributed by atoms with Gasteiger partial charge in [-0.2, -0.15) is 5.10 Å². The molecule has 2 fully saturated rings. The number of nitrogens with one attached hydrogen (secondary N) is 2. The molecule has 2 saturated heterocycles. The first-order valence-corrected chi connectivity index (χ1v) is 12.5. The van der Waals surface area contributed by atoms with E-state index in [1.807, 2.05) is 11.1 Å². The van der Waals surface area contributed by atoms with Crippen molar-refractivity contribution in [2.75, 3.05) is 32.8 Å². The van der Waals surface area contributed by atoms with E-state index in [1.54, 1.807) is 11.8 Å². The minimum absolute atomic E-state index is 0.0438. The van der Waals surface area contributed by atoms with Crippen LogP contribution in [0, 0.1) is 13.8 Å². The second-order valence-corrected chi connectivity index (χ2v) is 9.61. The summed E-state index contributed by atoms with van der Waals surface area (Å²) in [7, 11) is 0. The first-order valence-electron chi connectivity index (χ1n) is 12.5. The first kappa shape index (κ1) is 23.5. The van der Waals surface area contributed by atoms with Crippen LogP contribution in [-0.4, -0.2) is 82.5 Å². The van der Waals surface area contributed by atoms with Gasteiger partial charge in [-0.05, 0) is 43.9 Å². The molecule has 188 valence electrons. The average molecular weight is 482 g/mol. The molecule has 10 heteroatoms. The van der Waals surface area contributed by atoms with Gasteiger partial charge in [-0.15, -0.1) is 0 Å². The number of amides is 2. The van der Waals surface area contributed by atoms with Crippen LogP contribution in [0.25, 0.3) is 0 Å². The van der Waals surface area contributed by atoms with Crippen LogP contribution in [0.1, 0.15) is 48.9 Å². The van der Waals surface area contributed by atoms with Crippen LogP contribution in [0.15, 0.2) is 35.7 Å². The lowest BCUT2D eigenvalue weighted by Crippen LogP contribution is -2.54. The maximum Gasteiger partial charge on any atom is 0.409 e. The van der Waals surface area contributed by atoms with E-state index in [9.17, 15) is 9.59 Å². The maximum atomic E-state index is 12.8. The van der Waals surface area contributed by atoms with E-state index < -0.39 is 0 Å². The van der Waals surface area contributed by atoms with E-state index in [-0.39, 0.29) is 30.2 Å². The molecule has 2 N–H and O–H groups in total. The molecule has 1 aromatic carbocycles. The summed E-state index contributed by atoms with van der Waals surface area (Å²) in [4.78, 5) is 30.3. The Labute approximate surface area is 206 Å². The van der Waals surface area contributed by atoms with Crippen LogP contribution in [0.2, 0.25) is 0 Å². The molecule has 4 aliphatic rings. The van der Waals surface area contributed by atoms with Crippen LogP contribution in [0.5, 0.6) is 0 Å². The van der Waals surface area contributed by atoms with E-state index in [1.165, 1.54) is 16.7 Å². The first-order chi connectivity index (χ1) is 16.9. The number of rotatable bonds is 5. The van der Waals surface area contributed by atoms with Gasteiger partial charge < -0.3 is 24.4 Å². The number of piperazine rings is 1. The van der Waals surface area contributed by atoms with Crippen molar-refractivity contribution in [3.8, 4) is 0 Å². The number of hydrazine groups is 1. The minimum Gasteiger partial charge on any atom is -0.450 e. The second-order valence-electron chi connectivity index (χ2n) is 9.61. The van der Waals surface area contributed by atoms with Crippen LogP contribution < -0.4 is 10.9 Å².